The van der Waals surface area contributed by atoms with E-state index in [2.05, 4.69) is 108 Å². The SMILES string of the molecule is CNC(c1ccccc1)C1CCN1C(c1ccccc1)c1ccccc1. The Morgan fingerprint density at radius 2 is 1.19 bits per heavy atom. The highest BCUT2D eigenvalue weighted by Gasteiger charge is 2.40. The van der Waals surface area contributed by atoms with E-state index in [1.807, 2.05) is 0 Å². The summed E-state index contributed by atoms with van der Waals surface area (Å²) in [4.78, 5) is 2.65. The first kappa shape index (κ1) is 17.0. The van der Waals surface area contributed by atoms with Crippen LogP contribution in [0.1, 0.15) is 35.2 Å². The molecule has 4 rings (SSSR count). The fourth-order valence-electron chi connectivity index (χ4n) is 4.19. The molecule has 1 N–H and O–H groups in total. The van der Waals surface area contributed by atoms with Crippen molar-refractivity contribution in [1.29, 1.82) is 0 Å². The minimum absolute atomic E-state index is 0.302. The Morgan fingerprint density at radius 3 is 1.58 bits per heavy atom. The lowest BCUT2D eigenvalue weighted by molar-refractivity contribution is 0.0317. The van der Waals surface area contributed by atoms with Crippen LogP contribution in [0, 0.1) is 0 Å². The topological polar surface area (TPSA) is 15.3 Å². The second-order valence-corrected chi connectivity index (χ2v) is 6.99. The number of likely N-dealkylation sites (tertiary alicyclic amines) is 1. The van der Waals surface area contributed by atoms with E-state index in [4.69, 9.17) is 0 Å². The van der Waals surface area contributed by atoms with Crippen LogP contribution >= 0.6 is 0 Å². The van der Waals surface area contributed by atoms with Crippen molar-refractivity contribution in [2.75, 3.05) is 13.6 Å². The first-order valence-electron chi connectivity index (χ1n) is 9.46. The van der Waals surface area contributed by atoms with E-state index in [0.717, 1.165) is 6.54 Å². The van der Waals surface area contributed by atoms with Gasteiger partial charge in [-0.2, -0.15) is 0 Å². The molecular formula is C24H26N2. The van der Waals surface area contributed by atoms with Crippen molar-refractivity contribution >= 4 is 0 Å². The number of nitrogens with zero attached hydrogens (tertiary/aromatic N) is 1. The summed E-state index contributed by atoms with van der Waals surface area (Å²) in [5, 5.41) is 3.57. The van der Waals surface area contributed by atoms with Gasteiger partial charge in [-0.3, -0.25) is 4.90 Å². The van der Waals surface area contributed by atoms with Gasteiger partial charge >= 0.3 is 0 Å². The molecule has 0 saturated carbocycles. The Bertz CT molecular complexity index is 762. The van der Waals surface area contributed by atoms with Crippen LogP contribution in [0.2, 0.25) is 0 Å². The third kappa shape index (κ3) is 3.31. The van der Waals surface area contributed by atoms with Gasteiger partial charge in [0.05, 0.1) is 6.04 Å². The molecule has 2 unspecified atom stereocenters. The molecule has 0 amide bonds. The molecule has 0 aromatic heterocycles. The fourth-order valence-corrected chi connectivity index (χ4v) is 4.19. The normalized spacial score (nSPS) is 18.5. The van der Waals surface area contributed by atoms with Crippen molar-refractivity contribution in [3.63, 3.8) is 0 Å². The average molecular weight is 342 g/mol. The largest absolute Gasteiger partial charge is 0.312 e. The molecule has 2 nitrogen and oxygen atoms in total. The standard InChI is InChI=1S/C24H26N2/c1-25-23(19-11-5-2-6-12-19)22-17-18-26(22)24(20-13-7-3-8-14-20)21-15-9-4-10-16-21/h2-16,22-25H,17-18H2,1H3. The van der Waals surface area contributed by atoms with E-state index in [0.29, 0.717) is 18.1 Å². The molecule has 3 aromatic rings. The molecule has 1 heterocycles. The lowest BCUT2D eigenvalue weighted by Crippen LogP contribution is -2.55. The van der Waals surface area contributed by atoms with Gasteiger partial charge in [-0.1, -0.05) is 91.0 Å². The molecule has 0 aliphatic carbocycles. The van der Waals surface area contributed by atoms with Gasteiger partial charge in [0.25, 0.3) is 0 Å². The molecule has 1 aliphatic heterocycles. The highest BCUT2D eigenvalue weighted by atomic mass is 15.3. The molecule has 0 spiro atoms. The Labute approximate surface area is 156 Å². The van der Waals surface area contributed by atoms with Crippen molar-refractivity contribution in [2.24, 2.45) is 0 Å². The van der Waals surface area contributed by atoms with Crippen LogP contribution in [0.25, 0.3) is 0 Å². The number of rotatable bonds is 6. The summed E-state index contributed by atoms with van der Waals surface area (Å²) < 4.78 is 0. The lowest BCUT2D eigenvalue weighted by atomic mass is 9.85. The zero-order chi connectivity index (χ0) is 17.8. The van der Waals surface area contributed by atoms with Gasteiger partial charge in [0, 0.05) is 18.6 Å². The monoisotopic (exact) mass is 342 g/mol. The minimum atomic E-state index is 0.302. The summed E-state index contributed by atoms with van der Waals surface area (Å²) in [6.07, 6.45) is 1.22. The van der Waals surface area contributed by atoms with Crippen LogP contribution in [0.3, 0.4) is 0 Å². The Morgan fingerprint density at radius 1 is 0.731 bits per heavy atom. The van der Waals surface area contributed by atoms with Crippen LogP contribution in [0.5, 0.6) is 0 Å². The number of hydrogen-bond acceptors (Lipinski definition) is 2. The van der Waals surface area contributed by atoms with Crippen molar-refractivity contribution in [3.05, 3.63) is 108 Å². The van der Waals surface area contributed by atoms with Crippen molar-refractivity contribution < 1.29 is 0 Å². The van der Waals surface area contributed by atoms with E-state index in [1.54, 1.807) is 0 Å². The number of likely N-dealkylation sites (N-methyl/N-ethyl adjacent to an activating group) is 1. The number of benzene rings is 3. The molecule has 3 aromatic carbocycles. The van der Waals surface area contributed by atoms with Crippen LogP contribution in [-0.4, -0.2) is 24.5 Å². The predicted octanol–water partition coefficient (Wildman–Crippen LogP) is 4.81. The molecule has 0 radical (unpaired) electrons. The van der Waals surface area contributed by atoms with Crippen molar-refractivity contribution in [2.45, 2.75) is 24.5 Å². The Balaban J connectivity index is 1.68. The van der Waals surface area contributed by atoms with E-state index < -0.39 is 0 Å². The predicted molar refractivity (Wildman–Crippen MR) is 108 cm³/mol. The highest BCUT2D eigenvalue weighted by molar-refractivity contribution is 5.33. The van der Waals surface area contributed by atoms with Crippen molar-refractivity contribution in [1.82, 2.24) is 10.2 Å². The molecule has 2 atom stereocenters. The van der Waals surface area contributed by atoms with Gasteiger partial charge in [0.2, 0.25) is 0 Å². The van der Waals surface area contributed by atoms with Crippen LogP contribution in [0.4, 0.5) is 0 Å². The molecule has 2 heteroatoms. The smallest absolute Gasteiger partial charge is 0.0604 e. The van der Waals surface area contributed by atoms with Crippen LogP contribution in [0.15, 0.2) is 91.0 Å². The third-order valence-corrected chi connectivity index (χ3v) is 5.53. The highest BCUT2D eigenvalue weighted by Crippen LogP contribution is 2.40. The van der Waals surface area contributed by atoms with Crippen LogP contribution in [-0.2, 0) is 0 Å². The Hall–Kier alpha value is -2.42. The second-order valence-electron chi connectivity index (χ2n) is 6.99. The van der Waals surface area contributed by atoms with Gasteiger partial charge in [-0.15, -0.1) is 0 Å². The zero-order valence-electron chi connectivity index (χ0n) is 15.3. The maximum atomic E-state index is 3.57. The summed E-state index contributed by atoms with van der Waals surface area (Å²) in [5.74, 6) is 0. The van der Waals surface area contributed by atoms with Crippen molar-refractivity contribution in [3.8, 4) is 0 Å². The molecule has 132 valence electrons. The molecule has 1 saturated heterocycles. The summed E-state index contributed by atoms with van der Waals surface area (Å²) in [6, 6.07) is 33.8. The van der Waals surface area contributed by atoms with E-state index in [9.17, 15) is 0 Å². The molecule has 0 bridgehead atoms. The van der Waals surface area contributed by atoms with E-state index >= 15 is 0 Å². The lowest BCUT2D eigenvalue weighted by Gasteiger charge is -2.50. The zero-order valence-corrected chi connectivity index (χ0v) is 15.3. The van der Waals surface area contributed by atoms with Gasteiger partial charge < -0.3 is 5.32 Å². The first-order valence-corrected chi connectivity index (χ1v) is 9.46. The van der Waals surface area contributed by atoms with Crippen LogP contribution < -0.4 is 5.32 Å². The number of hydrogen-bond donors (Lipinski definition) is 1. The summed E-state index contributed by atoms with van der Waals surface area (Å²) in [7, 11) is 2.08. The van der Waals surface area contributed by atoms with Gasteiger partial charge in [0.1, 0.15) is 0 Å². The maximum absolute atomic E-state index is 3.57. The molecule has 1 fully saturated rings. The van der Waals surface area contributed by atoms with E-state index in [1.165, 1.54) is 23.1 Å². The summed E-state index contributed by atoms with van der Waals surface area (Å²) in [5.41, 5.74) is 4.10. The molecular weight excluding hydrogens is 316 g/mol. The first-order chi connectivity index (χ1) is 12.9. The fraction of sp³-hybridized carbons (Fsp3) is 0.250. The maximum Gasteiger partial charge on any atom is 0.0604 e. The minimum Gasteiger partial charge on any atom is -0.312 e. The van der Waals surface area contributed by atoms with Gasteiger partial charge in [-0.05, 0) is 30.2 Å². The summed E-state index contributed by atoms with van der Waals surface area (Å²) in [6.45, 7) is 1.13. The quantitative estimate of drug-likeness (QED) is 0.691. The third-order valence-electron chi connectivity index (χ3n) is 5.53. The molecule has 26 heavy (non-hydrogen) atoms. The molecule has 1 aliphatic rings. The average Bonchev–Trinajstić information content (AvgIpc) is 2.71. The Kier molecular flexibility index (Phi) is 5.14. The van der Waals surface area contributed by atoms with E-state index in [-0.39, 0.29) is 0 Å². The second kappa shape index (κ2) is 7.86. The van der Waals surface area contributed by atoms with Gasteiger partial charge in [0.15, 0.2) is 0 Å². The number of nitrogens with one attached hydrogen (secondary N) is 1. The summed E-state index contributed by atoms with van der Waals surface area (Å²) >= 11 is 0. The van der Waals surface area contributed by atoms with Gasteiger partial charge in [-0.25, -0.2) is 0 Å².